The van der Waals surface area contributed by atoms with Crippen LogP contribution in [-0.2, 0) is 11.4 Å². The molecule has 20 heavy (non-hydrogen) atoms. The van der Waals surface area contributed by atoms with Crippen molar-refractivity contribution >= 4 is 50.3 Å². The lowest BCUT2D eigenvalue weighted by Crippen LogP contribution is -2.12. The number of aryl methyl sites for hydroxylation is 1. The average Bonchev–Trinajstić information content (AvgIpc) is 2.91. The van der Waals surface area contributed by atoms with Crippen molar-refractivity contribution < 1.29 is 4.79 Å². The molecule has 0 unspecified atom stereocenters. The number of hydrogen-bond acceptors (Lipinski definition) is 3. The van der Waals surface area contributed by atoms with Crippen molar-refractivity contribution in [3.05, 3.63) is 52.0 Å². The van der Waals surface area contributed by atoms with E-state index in [1.165, 1.54) is 0 Å². The second-order valence-electron chi connectivity index (χ2n) is 4.36. The lowest BCUT2D eigenvalue weighted by Gasteiger charge is -2.08. The zero-order chi connectivity index (χ0) is 14.1. The molecule has 0 fully saturated rings. The summed E-state index contributed by atoms with van der Waals surface area (Å²) >= 11 is 4.56. The highest BCUT2D eigenvalue weighted by Crippen LogP contribution is 2.38. The van der Waals surface area contributed by atoms with Crippen molar-refractivity contribution in [2.24, 2.45) is 8.73 Å². The van der Waals surface area contributed by atoms with Gasteiger partial charge >= 0.3 is 0 Å². The van der Waals surface area contributed by atoms with Crippen LogP contribution in [0.2, 0.25) is 0 Å². The molecular formula is C14H10BrN3OS. The third-order valence-electron chi connectivity index (χ3n) is 2.95. The summed E-state index contributed by atoms with van der Waals surface area (Å²) in [6, 6.07) is 11.1. The molecule has 6 heteroatoms. The maximum Gasteiger partial charge on any atom is 0.255 e. The molecule has 0 radical (unpaired) electrons. The topological polar surface area (TPSA) is 53.8 Å². The Hall–Kier alpha value is -1.79. The third kappa shape index (κ3) is 2.44. The SMILES string of the molecule is Cc1cc(C(=O)Nc2cccc3c2N=S=N3)ccc1Br. The Balaban J connectivity index is 1.88. The van der Waals surface area contributed by atoms with Gasteiger partial charge in [-0.15, -0.1) is 0 Å². The minimum Gasteiger partial charge on any atom is -0.320 e. The molecule has 0 bridgehead atoms. The van der Waals surface area contributed by atoms with E-state index >= 15 is 0 Å². The molecule has 0 aliphatic carbocycles. The number of carbonyl (C=O) groups excluding carboxylic acids is 1. The van der Waals surface area contributed by atoms with Gasteiger partial charge in [-0.05, 0) is 42.8 Å². The van der Waals surface area contributed by atoms with E-state index in [1.807, 2.05) is 37.3 Å². The maximum atomic E-state index is 12.3. The lowest BCUT2D eigenvalue weighted by atomic mass is 10.1. The van der Waals surface area contributed by atoms with Gasteiger partial charge in [-0.1, -0.05) is 22.0 Å². The van der Waals surface area contributed by atoms with Crippen LogP contribution in [0.1, 0.15) is 15.9 Å². The normalized spacial score (nSPS) is 11.9. The molecular weight excluding hydrogens is 338 g/mol. The van der Waals surface area contributed by atoms with E-state index in [1.54, 1.807) is 6.07 Å². The predicted octanol–water partition coefficient (Wildman–Crippen LogP) is 4.74. The number of fused-ring (bicyclic) bond motifs is 1. The molecule has 100 valence electrons. The Morgan fingerprint density at radius 3 is 2.90 bits per heavy atom. The number of nitrogens with one attached hydrogen (secondary N) is 1. The first-order valence-electron chi connectivity index (χ1n) is 5.94. The highest BCUT2D eigenvalue weighted by atomic mass is 79.9. The Morgan fingerprint density at radius 2 is 2.10 bits per heavy atom. The first kappa shape index (κ1) is 13.2. The highest BCUT2D eigenvalue weighted by Gasteiger charge is 2.14. The summed E-state index contributed by atoms with van der Waals surface area (Å²) in [6.07, 6.45) is 0. The molecule has 3 rings (SSSR count). The molecule has 2 aromatic carbocycles. The number of carbonyl (C=O) groups is 1. The van der Waals surface area contributed by atoms with Gasteiger partial charge < -0.3 is 5.32 Å². The smallest absolute Gasteiger partial charge is 0.255 e. The second kappa shape index (κ2) is 5.30. The summed E-state index contributed by atoms with van der Waals surface area (Å²) in [5, 5.41) is 2.88. The minimum atomic E-state index is -0.152. The lowest BCUT2D eigenvalue weighted by molar-refractivity contribution is 0.102. The van der Waals surface area contributed by atoms with Gasteiger partial charge in [-0.3, -0.25) is 4.79 Å². The van der Waals surface area contributed by atoms with Crippen LogP contribution in [0.15, 0.2) is 49.6 Å². The zero-order valence-corrected chi connectivity index (χ0v) is 13.0. The molecule has 2 aromatic rings. The van der Waals surface area contributed by atoms with E-state index in [0.29, 0.717) is 11.3 Å². The van der Waals surface area contributed by atoms with Crippen LogP contribution in [0, 0.1) is 6.92 Å². The van der Waals surface area contributed by atoms with E-state index in [0.717, 1.165) is 32.8 Å². The number of amides is 1. The van der Waals surface area contributed by atoms with Gasteiger partial charge in [0.1, 0.15) is 11.4 Å². The number of nitrogens with zero attached hydrogens (tertiary/aromatic N) is 2. The molecule has 1 aliphatic heterocycles. The van der Waals surface area contributed by atoms with Gasteiger partial charge in [0, 0.05) is 10.0 Å². The monoisotopic (exact) mass is 347 g/mol. The van der Waals surface area contributed by atoms with Gasteiger partial charge in [0.15, 0.2) is 0 Å². The van der Waals surface area contributed by atoms with Crippen LogP contribution < -0.4 is 5.32 Å². The molecule has 4 nitrogen and oxygen atoms in total. The van der Waals surface area contributed by atoms with E-state index < -0.39 is 0 Å². The standard InChI is InChI=1S/C14H10BrN3OS/c1-8-7-9(5-6-10(8)15)14(19)16-11-3-2-4-12-13(11)18-20-17-12/h2-7H,1H3,(H,16,19). The van der Waals surface area contributed by atoms with E-state index in [9.17, 15) is 4.79 Å². The Morgan fingerprint density at radius 1 is 1.25 bits per heavy atom. The largest absolute Gasteiger partial charge is 0.320 e. The zero-order valence-electron chi connectivity index (χ0n) is 10.6. The Kier molecular flexibility index (Phi) is 3.50. The Bertz CT molecular complexity index is 782. The van der Waals surface area contributed by atoms with Crippen molar-refractivity contribution in [2.45, 2.75) is 6.92 Å². The maximum absolute atomic E-state index is 12.3. The predicted molar refractivity (Wildman–Crippen MR) is 84.8 cm³/mol. The molecule has 0 saturated heterocycles. The number of rotatable bonds is 2. The van der Waals surface area contributed by atoms with Gasteiger partial charge in [-0.25, -0.2) is 0 Å². The van der Waals surface area contributed by atoms with Crippen molar-refractivity contribution in [1.29, 1.82) is 0 Å². The van der Waals surface area contributed by atoms with Crippen molar-refractivity contribution in [2.75, 3.05) is 5.32 Å². The average molecular weight is 348 g/mol. The van der Waals surface area contributed by atoms with Gasteiger partial charge in [0.25, 0.3) is 5.91 Å². The quantitative estimate of drug-likeness (QED) is 0.715. The molecule has 1 N–H and O–H groups in total. The van der Waals surface area contributed by atoms with Crippen LogP contribution in [0.4, 0.5) is 17.1 Å². The summed E-state index contributed by atoms with van der Waals surface area (Å²) < 4.78 is 9.35. The molecule has 1 amide bonds. The van der Waals surface area contributed by atoms with Crippen molar-refractivity contribution in [1.82, 2.24) is 0 Å². The van der Waals surface area contributed by atoms with E-state index in [4.69, 9.17) is 0 Å². The van der Waals surface area contributed by atoms with Gasteiger partial charge in [0.05, 0.1) is 17.0 Å². The van der Waals surface area contributed by atoms with E-state index in [2.05, 4.69) is 30.0 Å². The molecule has 1 heterocycles. The number of halogens is 1. The highest BCUT2D eigenvalue weighted by molar-refractivity contribution is 9.10. The number of hydrogen-bond donors (Lipinski definition) is 1. The molecule has 0 spiro atoms. The molecule has 1 aliphatic rings. The van der Waals surface area contributed by atoms with E-state index in [-0.39, 0.29) is 5.91 Å². The number of anilines is 1. The van der Waals surface area contributed by atoms with Crippen LogP contribution in [0.5, 0.6) is 0 Å². The molecule has 0 saturated carbocycles. The fourth-order valence-corrected chi connectivity index (χ4v) is 2.68. The summed E-state index contributed by atoms with van der Waals surface area (Å²) in [5.74, 6) is -0.152. The second-order valence-corrected chi connectivity index (χ2v) is 5.74. The van der Waals surface area contributed by atoms with Crippen LogP contribution in [0.3, 0.4) is 0 Å². The Labute approximate surface area is 128 Å². The van der Waals surface area contributed by atoms with Crippen LogP contribution >= 0.6 is 15.9 Å². The fraction of sp³-hybridized carbons (Fsp3) is 0.0714. The number of benzene rings is 2. The van der Waals surface area contributed by atoms with Gasteiger partial charge in [0.2, 0.25) is 0 Å². The van der Waals surface area contributed by atoms with Gasteiger partial charge in [-0.2, -0.15) is 8.73 Å². The van der Waals surface area contributed by atoms with Crippen molar-refractivity contribution in [3.8, 4) is 0 Å². The summed E-state index contributed by atoms with van der Waals surface area (Å²) in [6.45, 7) is 1.95. The van der Waals surface area contributed by atoms with Crippen molar-refractivity contribution in [3.63, 3.8) is 0 Å². The molecule has 0 aromatic heterocycles. The first-order valence-corrected chi connectivity index (χ1v) is 7.46. The third-order valence-corrected chi connectivity index (χ3v) is 4.39. The van der Waals surface area contributed by atoms with Crippen LogP contribution in [0.25, 0.3) is 0 Å². The summed E-state index contributed by atoms with van der Waals surface area (Å²) in [7, 11) is 0. The summed E-state index contributed by atoms with van der Waals surface area (Å²) in [5.41, 5.74) is 3.83. The molecule has 0 atom stereocenters. The summed E-state index contributed by atoms with van der Waals surface area (Å²) in [4.78, 5) is 12.3. The minimum absolute atomic E-state index is 0.152. The van der Waals surface area contributed by atoms with Crippen LogP contribution in [-0.4, -0.2) is 5.91 Å². The fourth-order valence-electron chi connectivity index (χ4n) is 1.89. The first-order chi connectivity index (χ1) is 9.65.